The van der Waals surface area contributed by atoms with Crippen molar-refractivity contribution < 1.29 is 23.7 Å². The van der Waals surface area contributed by atoms with Crippen molar-refractivity contribution >= 4 is 12.0 Å². The van der Waals surface area contributed by atoms with E-state index in [1.807, 2.05) is 13.0 Å². The Morgan fingerprint density at radius 3 is 2.61 bits per heavy atom. The van der Waals surface area contributed by atoms with Crippen LogP contribution >= 0.6 is 0 Å². The van der Waals surface area contributed by atoms with Gasteiger partial charge in [0, 0.05) is 7.11 Å². The summed E-state index contributed by atoms with van der Waals surface area (Å²) < 4.78 is 20.5. The average Bonchev–Trinajstić information content (AvgIpc) is 2.58. The lowest BCUT2D eigenvalue weighted by Gasteiger charge is -2.10. The van der Waals surface area contributed by atoms with Crippen molar-refractivity contribution in [1.82, 2.24) is 0 Å². The van der Waals surface area contributed by atoms with Gasteiger partial charge in [0.25, 0.3) is 0 Å². The number of carbonyl (C=O) groups excluding carboxylic acids is 1. The quantitative estimate of drug-likeness (QED) is 0.301. The van der Waals surface area contributed by atoms with Gasteiger partial charge in [-0.15, -0.1) is 0 Å². The number of hydrogen-bond donors (Lipinski definition) is 0. The van der Waals surface area contributed by atoms with E-state index in [4.69, 9.17) is 24.2 Å². The second-order valence-electron chi connectivity index (χ2n) is 4.56. The lowest BCUT2D eigenvalue weighted by Crippen LogP contribution is -2.11. The molecule has 0 fully saturated rings. The number of esters is 1. The van der Waals surface area contributed by atoms with E-state index < -0.39 is 5.97 Å². The molecule has 6 heteroatoms. The van der Waals surface area contributed by atoms with Gasteiger partial charge < -0.3 is 18.9 Å². The maximum Gasteiger partial charge on any atom is 0.348 e. The smallest absolute Gasteiger partial charge is 0.348 e. The first-order valence-electron chi connectivity index (χ1n) is 7.25. The SMILES string of the molecule is CCCOc1ccc(/C=C(\C#N)C(=O)OCCOC)cc1OC. The van der Waals surface area contributed by atoms with Crippen LogP contribution in [0.15, 0.2) is 23.8 Å². The molecular weight excluding hydrogens is 298 g/mol. The van der Waals surface area contributed by atoms with Crippen LogP contribution in [0.5, 0.6) is 11.5 Å². The minimum absolute atomic E-state index is 0.0922. The maximum absolute atomic E-state index is 11.8. The maximum atomic E-state index is 11.8. The normalized spacial score (nSPS) is 10.8. The second kappa shape index (κ2) is 10.2. The summed E-state index contributed by atoms with van der Waals surface area (Å²) in [5.41, 5.74) is 0.552. The Morgan fingerprint density at radius 1 is 1.22 bits per heavy atom. The summed E-state index contributed by atoms with van der Waals surface area (Å²) in [6, 6.07) is 7.02. The molecule has 0 aliphatic carbocycles. The number of nitrogens with zero attached hydrogens (tertiary/aromatic N) is 1. The summed E-state index contributed by atoms with van der Waals surface area (Å²) in [4.78, 5) is 11.8. The van der Waals surface area contributed by atoms with Crippen LogP contribution in [-0.4, -0.2) is 40.0 Å². The number of methoxy groups -OCH3 is 2. The van der Waals surface area contributed by atoms with Crippen LogP contribution in [0, 0.1) is 11.3 Å². The zero-order valence-corrected chi connectivity index (χ0v) is 13.6. The van der Waals surface area contributed by atoms with E-state index in [0.717, 1.165) is 6.42 Å². The van der Waals surface area contributed by atoms with E-state index in [1.165, 1.54) is 20.3 Å². The van der Waals surface area contributed by atoms with Crippen molar-refractivity contribution in [2.24, 2.45) is 0 Å². The van der Waals surface area contributed by atoms with E-state index in [0.29, 0.717) is 23.7 Å². The summed E-state index contributed by atoms with van der Waals surface area (Å²) in [6.07, 6.45) is 2.33. The molecule has 0 N–H and O–H groups in total. The van der Waals surface area contributed by atoms with Crippen LogP contribution < -0.4 is 9.47 Å². The number of carbonyl (C=O) groups is 1. The molecule has 0 saturated carbocycles. The lowest BCUT2D eigenvalue weighted by atomic mass is 10.1. The fraction of sp³-hybridized carbons (Fsp3) is 0.412. The van der Waals surface area contributed by atoms with Gasteiger partial charge in [-0.2, -0.15) is 5.26 Å². The Balaban J connectivity index is 2.91. The van der Waals surface area contributed by atoms with Gasteiger partial charge >= 0.3 is 5.97 Å². The third-order valence-electron chi connectivity index (χ3n) is 2.82. The number of rotatable bonds is 9. The van der Waals surface area contributed by atoms with Crippen LogP contribution in [-0.2, 0) is 14.3 Å². The van der Waals surface area contributed by atoms with E-state index in [2.05, 4.69) is 0 Å². The Morgan fingerprint density at radius 2 is 2.00 bits per heavy atom. The number of benzene rings is 1. The minimum Gasteiger partial charge on any atom is -0.493 e. The first-order chi connectivity index (χ1) is 11.2. The molecule has 0 aliphatic heterocycles. The molecule has 1 rings (SSSR count). The lowest BCUT2D eigenvalue weighted by molar-refractivity contribution is -0.139. The van der Waals surface area contributed by atoms with Crippen LogP contribution in [0.3, 0.4) is 0 Å². The third kappa shape index (κ3) is 6.01. The van der Waals surface area contributed by atoms with Gasteiger partial charge in [-0.25, -0.2) is 4.79 Å². The van der Waals surface area contributed by atoms with Crippen molar-refractivity contribution in [1.29, 1.82) is 5.26 Å². The highest BCUT2D eigenvalue weighted by molar-refractivity contribution is 5.97. The monoisotopic (exact) mass is 319 g/mol. The van der Waals surface area contributed by atoms with Crippen LogP contribution in [0.1, 0.15) is 18.9 Å². The van der Waals surface area contributed by atoms with Crippen LogP contribution in [0.25, 0.3) is 6.08 Å². The molecule has 124 valence electrons. The van der Waals surface area contributed by atoms with Crippen LogP contribution in [0.2, 0.25) is 0 Å². The van der Waals surface area contributed by atoms with Crippen molar-refractivity contribution in [2.45, 2.75) is 13.3 Å². The van der Waals surface area contributed by atoms with Crippen LogP contribution in [0.4, 0.5) is 0 Å². The van der Waals surface area contributed by atoms with Gasteiger partial charge in [0.2, 0.25) is 0 Å². The molecule has 1 aromatic rings. The van der Waals surface area contributed by atoms with E-state index in [1.54, 1.807) is 18.2 Å². The van der Waals surface area contributed by atoms with Gasteiger partial charge in [-0.1, -0.05) is 13.0 Å². The molecule has 6 nitrogen and oxygen atoms in total. The summed E-state index contributed by atoms with van der Waals surface area (Å²) in [5, 5.41) is 9.11. The molecule has 0 saturated heterocycles. The van der Waals surface area contributed by atoms with E-state index in [-0.39, 0.29) is 18.8 Å². The third-order valence-corrected chi connectivity index (χ3v) is 2.82. The number of nitriles is 1. The van der Waals surface area contributed by atoms with Gasteiger partial charge in [0.1, 0.15) is 18.2 Å². The van der Waals surface area contributed by atoms with E-state index >= 15 is 0 Å². The Labute approximate surface area is 136 Å². The molecule has 23 heavy (non-hydrogen) atoms. The summed E-state index contributed by atoms with van der Waals surface area (Å²) >= 11 is 0. The molecule has 0 spiro atoms. The standard InChI is InChI=1S/C17H21NO5/c1-4-7-22-15-6-5-13(11-16(15)21-3)10-14(12-18)17(19)23-9-8-20-2/h5-6,10-11H,4,7-9H2,1-3H3/b14-10+. The van der Waals surface area contributed by atoms with Gasteiger partial charge in [-0.3, -0.25) is 0 Å². The molecule has 0 aromatic heterocycles. The fourth-order valence-corrected chi connectivity index (χ4v) is 1.70. The second-order valence-corrected chi connectivity index (χ2v) is 4.56. The largest absolute Gasteiger partial charge is 0.493 e. The minimum atomic E-state index is -0.685. The molecule has 0 bridgehead atoms. The predicted octanol–water partition coefficient (Wildman–Crippen LogP) is 2.58. The first-order valence-corrected chi connectivity index (χ1v) is 7.25. The topological polar surface area (TPSA) is 77.8 Å². The Bertz CT molecular complexity index is 589. The van der Waals surface area contributed by atoms with Crippen molar-refractivity contribution in [3.63, 3.8) is 0 Å². The summed E-state index contributed by atoms with van der Waals surface area (Å²) in [6.45, 7) is 2.97. The molecule has 0 amide bonds. The molecule has 0 atom stereocenters. The summed E-state index contributed by atoms with van der Waals surface area (Å²) in [7, 11) is 3.04. The Hall–Kier alpha value is -2.52. The average molecular weight is 319 g/mol. The molecule has 0 unspecified atom stereocenters. The number of ether oxygens (including phenoxy) is 4. The molecule has 0 aliphatic rings. The summed E-state index contributed by atoms with van der Waals surface area (Å²) in [5.74, 6) is 0.472. The zero-order valence-electron chi connectivity index (χ0n) is 13.6. The van der Waals surface area contributed by atoms with Crippen molar-refractivity contribution in [2.75, 3.05) is 34.0 Å². The molecule has 0 radical (unpaired) electrons. The fourth-order valence-electron chi connectivity index (χ4n) is 1.70. The zero-order chi connectivity index (χ0) is 17.1. The first kappa shape index (κ1) is 18.5. The Kier molecular flexibility index (Phi) is 8.25. The molecule has 1 aromatic carbocycles. The highest BCUT2D eigenvalue weighted by Crippen LogP contribution is 2.29. The van der Waals surface area contributed by atoms with Crippen molar-refractivity contribution in [3.05, 3.63) is 29.3 Å². The predicted molar refractivity (Wildman–Crippen MR) is 85.2 cm³/mol. The van der Waals surface area contributed by atoms with E-state index in [9.17, 15) is 4.79 Å². The number of hydrogen-bond acceptors (Lipinski definition) is 6. The van der Waals surface area contributed by atoms with Gasteiger partial charge in [0.05, 0.1) is 20.3 Å². The molecular formula is C17H21NO5. The highest BCUT2D eigenvalue weighted by atomic mass is 16.6. The molecule has 0 heterocycles. The van der Waals surface area contributed by atoms with Gasteiger partial charge in [-0.05, 0) is 30.2 Å². The highest BCUT2D eigenvalue weighted by Gasteiger charge is 2.12. The van der Waals surface area contributed by atoms with Gasteiger partial charge in [0.15, 0.2) is 11.5 Å². The van der Waals surface area contributed by atoms with Crippen molar-refractivity contribution in [3.8, 4) is 17.6 Å².